The first-order valence-electron chi connectivity index (χ1n) is 4.87. The highest BCUT2D eigenvalue weighted by atomic mass is 16.6. The zero-order chi connectivity index (χ0) is 11.4. The number of esters is 1. The smallest absolute Gasteiger partial charge is 0.323 e. The average molecular weight is 199 g/mol. The lowest BCUT2D eigenvalue weighted by Crippen LogP contribution is -2.42. The Morgan fingerprint density at radius 2 is 1.93 bits per heavy atom. The highest BCUT2D eigenvalue weighted by Gasteiger charge is 2.21. The first-order chi connectivity index (χ1) is 6.26. The van der Waals surface area contributed by atoms with E-state index in [1.807, 2.05) is 27.7 Å². The van der Waals surface area contributed by atoms with Crippen LogP contribution in [0.5, 0.6) is 0 Å². The minimum absolute atomic E-state index is 0.109. The fourth-order valence-electron chi connectivity index (χ4n) is 0.921. The summed E-state index contributed by atoms with van der Waals surface area (Å²) in [5.74, 6) is -0.230. The van der Waals surface area contributed by atoms with Crippen molar-refractivity contribution in [2.75, 3.05) is 0 Å². The Labute approximate surface area is 86.5 Å². The number of hydrogen-bond acceptors (Lipinski definition) is 3. The van der Waals surface area contributed by atoms with Gasteiger partial charge in [-0.25, -0.2) is 0 Å². The van der Waals surface area contributed by atoms with Gasteiger partial charge in [-0.15, -0.1) is 6.58 Å². The lowest BCUT2D eigenvalue weighted by atomic mass is 10.2. The van der Waals surface area contributed by atoms with Gasteiger partial charge in [0.05, 0.1) is 0 Å². The molecule has 0 aliphatic carbocycles. The molecule has 0 aromatic carbocycles. The van der Waals surface area contributed by atoms with Crippen molar-refractivity contribution in [2.45, 2.75) is 52.3 Å². The summed E-state index contributed by atoms with van der Waals surface area (Å²) in [4.78, 5) is 11.5. The van der Waals surface area contributed by atoms with Gasteiger partial charge in [0, 0.05) is 6.04 Å². The third-order valence-electron chi connectivity index (χ3n) is 1.63. The topological polar surface area (TPSA) is 38.3 Å². The van der Waals surface area contributed by atoms with E-state index in [2.05, 4.69) is 11.9 Å². The van der Waals surface area contributed by atoms with Crippen LogP contribution < -0.4 is 5.32 Å². The van der Waals surface area contributed by atoms with E-state index >= 15 is 0 Å². The molecular formula is C11H21NO2. The molecule has 2 unspecified atom stereocenters. The molecule has 0 fully saturated rings. The van der Waals surface area contributed by atoms with Crippen LogP contribution in [0.4, 0.5) is 0 Å². The van der Waals surface area contributed by atoms with Crippen molar-refractivity contribution in [1.82, 2.24) is 5.32 Å². The number of hydrogen-bond donors (Lipinski definition) is 1. The quantitative estimate of drug-likeness (QED) is 0.555. The molecule has 1 N–H and O–H groups in total. The number of rotatable bonds is 4. The van der Waals surface area contributed by atoms with Crippen LogP contribution in [-0.2, 0) is 9.53 Å². The largest absolute Gasteiger partial charge is 0.459 e. The van der Waals surface area contributed by atoms with E-state index < -0.39 is 5.60 Å². The van der Waals surface area contributed by atoms with Crippen LogP contribution in [0.1, 0.15) is 34.6 Å². The molecule has 0 aliphatic rings. The first-order valence-corrected chi connectivity index (χ1v) is 4.87. The molecule has 0 aliphatic heterocycles. The van der Waals surface area contributed by atoms with Crippen LogP contribution in [0.2, 0.25) is 0 Å². The molecule has 2 atom stereocenters. The standard InChI is InChI=1S/C11H21NO2/c1-7-8(2)12-9(3)10(13)14-11(4,5)6/h7-9,12H,1H2,2-6H3. The molecule has 3 heteroatoms. The maximum atomic E-state index is 11.5. The summed E-state index contributed by atoms with van der Waals surface area (Å²) in [5.41, 5.74) is -0.426. The lowest BCUT2D eigenvalue weighted by molar-refractivity contribution is -0.157. The normalized spacial score (nSPS) is 15.8. The van der Waals surface area contributed by atoms with Crippen LogP contribution >= 0.6 is 0 Å². The average Bonchev–Trinajstić information content (AvgIpc) is 2.00. The van der Waals surface area contributed by atoms with Gasteiger partial charge in [-0.2, -0.15) is 0 Å². The predicted octanol–water partition coefficient (Wildman–Crippen LogP) is 1.88. The van der Waals surface area contributed by atoms with Crippen LogP contribution in [0.3, 0.4) is 0 Å². The van der Waals surface area contributed by atoms with Crippen molar-refractivity contribution >= 4 is 5.97 Å². The van der Waals surface area contributed by atoms with E-state index in [-0.39, 0.29) is 18.1 Å². The van der Waals surface area contributed by atoms with Crippen molar-refractivity contribution in [3.63, 3.8) is 0 Å². The number of carbonyl (C=O) groups is 1. The molecule has 82 valence electrons. The second kappa shape index (κ2) is 5.15. The predicted molar refractivity (Wildman–Crippen MR) is 58.1 cm³/mol. The van der Waals surface area contributed by atoms with Gasteiger partial charge in [-0.1, -0.05) is 6.08 Å². The fourth-order valence-corrected chi connectivity index (χ4v) is 0.921. The molecule has 0 rings (SSSR count). The summed E-state index contributed by atoms with van der Waals surface area (Å²) in [6.07, 6.45) is 1.75. The molecule has 0 saturated heterocycles. The third-order valence-corrected chi connectivity index (χ3v) is 1.63. The Morgan fingerprint density at radius 3 is 2.29 bits per heavy atom. The highest BCUT2D eigenvalue weighted by molar-refractivity contribution is 5.75. The maximum absolute atomic E-state index is 11.5. The number of nitrogens with one attached hydrogen (secondary N) is 1. The molecule has 0 aromatic heterocycles. The molecule has 14 heavy (non-hydrogen) atoms. The van der Waals surface area contributed by atoms with E-state index in [9.17, 15) is 4.79 Å². The zero-order valence-corrected chi connectivity index (χ0v) is 9.76. The lowest BCUT2D eigenvalue weighted by Gasteiger charge is -2.23. The Bertz CT molecular complexity index is 206. The summed E-state index contributed by atoms with van der Waals surface area (Å²) < 4.78 is 5.21. The summed E-state index contributed by atoms with van der Waals surface area (Å²) in [6.45, 7) is 12.9. The van der Waals surface area contributed by atoms with E-state index in [1.54, 1.807) is 13.0 Å². The summed E-state index contributed by atoms with van der Waals surface area (Å²) in [5, 5.41) is 3.06. The number of ether oxygens (including phenoxy) is 1. The van der Waals surface area contributed by atoms with Gasteiger partial charge in [-0.05, 0) is 34.6 Å². The molecule has 0 aromatic rings. The summed E-state index contributed by atoms with van der Waals surface area (Å²) in [6, 6.07) is -0.195. The van der Waals surface area contributed by atoms with Crippen LogP contribution in [-0.4, -0.2) is 23.7 Å². The maximum Gasteiger partial charge on any atom is 0.323 e. The SMILES string of the molecule is C=CC(C)NC(C)C(=O)OC(C)(C)C. The van der Waals surface area contributed by atoms with Gasteiger partial charge < -0.3 is 4.74 Å². The molecule has 0 amide bonds. The summed E-state index contributed by atoms with van der Waals surface area (Å²) in [7, 11) is 0. The second-order valence-electron chi connectivity index (χ2n) is 4.45. The molecule has 3 nitrogen and oxygen atoms in total. The molecule has 0 heterocycles. The van der Waals surface area contributed by atoms with Crippen LogP contribution in [0.15, 0.2) is 12.7 Å². The Kier molecular flexibility index (Phi) is 4.85. The van der Waals surface area contributed by atoms with E-state index in [0.29, 0.717) is 0 Å². The minimum atomic E-state index is -0.426. The van der Waals surface area contributed by atoms with Crippen molar-refractivity contribution in [1.29, 1.82) is 0 Å². The zero-order valence-electron chi connectivity index (χ0n) is 9.76. The molecule has 0 saturated carbocycles. The van der Waals surface area contributed by atoms with Crippen molar-refractivity contribution in [2.24, 2.45) is 0 Å². The number of carbonyl (C=O) groups excluding carboxylic acids is 1. The Balaban J connectivity index is 4.06. The van der Waals surface area contributed by atoms with Crippen molar-refractivity contribution < 1.29 is 9.53 Å². The second-order valence-corrected chi connectivity index (χ2v) is 4.45. The molecule has 0 spiro atoms. The third kappa shape index (κ3) is 5.75. The fraction of sp³-hybridized carbons (Fsp3) is 0.727. The monoisotopic (exact) mass is 199 g/mol. The highest BCUT2D eigenvalue weighted by Crippen LogP contribution is 2.08. The Morgan fingerprint density at radius 1 is 1.43 bits per heavy atom. The van der Waals surface area contributed by atoms with Crippen molar-refractivity contribution in [3.05, 3.63) is 12.7 Å². The van der Waals surface area contributed by atoms with Gasteiger partial charge in [0.1, 0.15) is 11.6 Å². The molecular weight excluding hydrogens is 178 g/mol. The first kappa shape index (κ1) is 13.2. The van der Waals surface area contributed by atoms with E-state index in [0.717, 1.165) is 0 Å². The van der Waals surface area contributed by atoms with Gasteiger partial charge in [0.15, 0.2) is 0 Å². The molecule has 0 radical (unpaired) electrons. The molecule has 0 bridgehead atoms. The van der Waals surface area contributed by atoms with Gasteiger partial charge >= 0.3 is 5.97 Å². The summed E-state index contributed by atoms with van der Waals surface area (Å²) >= 11 is 0. The van der Waals surface area contributed by atoms with Crippen LogP contribution in [0.25, 0.3) is 0 Å². The van der Waals surface area contributed by atoms with Gasteiger partial charge in [0.25, 0.3) is 0 Å². The van der Waals surface area contributed by atoms with E-state index in [1.165, 1.54) is 0 Å². The minimum Gasteiger partial charge on any atom is -0.459 e. The van der Waals surface area contributed by atoms with E-state index in [4.69, 9.17) is 4.74 Å². The van der Waals surface area contributed by atoms with Crippen molar-refractivity contribution in [3.8, 4) is 0 Å². The van der Waals surface area contributed by atoms with Crippen LogP contribution in [0, 0.1) is 0 Å². The van der Waals surface area contributed by atoms with Gasteiger partial charge in [-0.3, -0.25) is 10.1 Å². The van der Waals surface area contributed by atoms with Gasteiger partial charge in [0.2, 0.25) is 0 Å². The Hall–Kier alpha value is -0.830.